The van der Waals surface area contributed by atoms with E-state index in [2.05, 4.69) is 52.3 Å². The lowest BCUT2D eigenvalue weighted by Crippen LogP contribution is -2.41. The third kappa shape index (κ3) is 2.68. The minimum Gasteiger partial charge on any atom is -0.378 e. The maximum atomic E-state index is 13.0. The van der Waals surface area contributed by atoms with Gasteiger partial charge in [0.05, 0.1) is 6.20 Å². The monoisotopic (exact) mass is 324 g/mol. The quantitative estimate of drug-likeness (QED) is 0.921. The number of nitrogens with zero attached hydrogens (tertiary/aromatic N) is 3. The lowest BCUT2D eigenvalue weighted by atomic mass is 9.86. The van der Waals surface area contributed by atoms with E-state index in [1.54, 1.807) is 0 Å². The van der Waals surface area contributed by atoms with Gasteiger partial charge in [0.15, 0.2) is 0 Å². The fourth-order valence-corrected chi connectivity index (χ4v) is 3.90. The van der Waals surface area contributed by atoms with Gasteiger partial charge in [0.25, 0.3) is 0 Å². The standard InChI is InChI=1S/C19H24N4O/c1-22(2)17-5-3-13-7-8-23(12-16(13)10-17)19(24)14-4-6-18-15(9-14)11-20-21-18/h3,5,10-11,14H,4,6-9,12H2,1-2H3,(H,20,21). The number of fused-ring (bicyclic) bond motifs is 2. The Kier molecular flexibility index (Phi) is 3.79. The van der Waals surface area contributed by atoms with Crippen molar-refractivity contribution in [1.82, 2.24) is 15.1 Å². The molecule has 0 fully saturated rings. The fraction of sp³-hybridized carbons (Fsp3) is 0.474. The van der Waals surface area contributed by atoms with Crippen molar-refractivity contribution in [3.8, 4) is 0 Å². The first-order chi connectivity index (χ1) is 11.6. The molecule has 5 nitrogen and oxygen atoms in total. The number of hydrogen-bond acceptors (Lipinski definition) is 3. The number of aryl methyl sites for hydroxylation is 1. The molecule has 0 spiro atoms. The number of anilines is 1. The molecule has 1 aromatic heterocycles. The molecule has 2 aromatic rings. The van der Waals surface area contributed by atoms with Gasteiger partial charge in [-0.1, -0.05) is 6.07 Å². The zero-order chi connectivity index (χ0) is 16.7. The van der Waals surface area contributed by atoms with E-state index in [0.29, 0.717) is 5.91 Å². The van der Waals surface area contributed by atoms with Crippen LogP contribution in [-0.4, -0.2) is 41.6 Å². The van der Waals surface area contributed by atoms with E-state index < -0.39 is 0 Å². The van der Waals surface area contributed by atoms with E-state index in [0.717, 1.165) is 38.8 Å². The number of carbonyl (C=O) groups excluding carboxylic acids is 1. The molecule has 126 valence electrons. The summed E-state index contributed by atoms with van der Waals surface area (Å²) < 4.78 is 0. The summed E-state index contributed by atoms with van der Waals surface area (Å²) >= 11 is 0. The second-order valence-corrected chi connectivity index (χ2v) is 7.17. The van der Waals surface area contributed by atoms with Crippen LogP contribution in [0.25, 0.3) is 0 Å². The van der Waals surface area contributed by atoms with Gasteiger partial charge in [0.2, 0.25) is 5.91 Å². The topological polar surface area (TPSA) is 52.2 Å². The highest BCUT2D eigenvalue weighted by atomic mass is 16.2. The number of H-pyrrole nitrogens is 1. The molecule has 0 radical (unpaired) electrons. The number of carbonyl (C=O) groups is 1. The second-order valence-electron chi connectivity index (χ2n) is 7.17. The highest BCUT2D eigenvalue weighted by Gasteiger charge is 2.31. The van der Waals surface area contributed by atoms with Crippen molar-refractivity contribution in [2.75, 3.05) is 25.5 Å². The molecule has 1 aromatic carbocycles. The van der Waals surface area contributed by atoms with Crippen molar-refractivity contribution in [3.63, 3.8) is 0 Å². The van der Waals surface area contributed by atoms with Crippen molar-refractivity contribution < 1.29 is 4.79 Å². The summed E-state index contributed by atoms with van der Waals surface area (Å²) in [6.45, 7) is 1.58. The molecule has 1 unspecified atom stereocenters. The third-order valence-corrected chi connectivity index (χ3v) is 5.40. The van der Waals surface area contributed by atoms with Crippen LogP contribution in [0.3, 0.4) is 0 Å². The molecular weight excluding hydrogens is 300 g/mol. The number of aromatic amines is 1. The smallest absolute Gasteiger partial charge is 0.226 e. The van der Waals surface area contributed by atoms with Crippen molar-refractivity contribution in [3.05, 3.63) is 46.8 Å². The molecule has 2 heterocycles. The van der Waals surface area contributed by atoms with Gasteiger partial charge in [-0.05, 0) is 54.5 Å². The minimum absolute atomic E-state index is 0.105. The maximum Gasteiger partial charge on any atom is 0.226 e. The lowest BCUT2D eigenvalue weighted by Gasteiger charge is -2.33. The van der Waals surface area contributed by atoms with Crippen molar-refractivity contribution >= 4 is 11.6 Å². The highest BCUT2D eigenvalue weighted by Crippen LogP contribution is 2.29. The zero-order valence-electron chi connectivity index (χ0n) is 14.4. The number of nitrogens with one attached hydrogen (secondary N) is 1. The highest BCUT2D eigenvalue weighted by molar-refractivity contribution is 5.80. The van der Waals surface area contributed by atoms with Crippen LogP contribution in [0.2, 0.25) is 0 Å². The van der Waals surface area contributed by atoms with E-state index in [-0.39, 0.29) is 5.92 Å². The molecule has 4 rings (SSSR count). The van der Waals surface area contributed by atoms with Gasteiger partial charge >= 0.3 is 0 Å². The summed E-state index contributed by atoms with van der Waals surface area (Å²) in [7, 11) is 4.11. The van der Waals surface area contributed by atoms with E-state index in [1.807, 2.05) is 6.20 Å². The number of aromatic nitrogens is 2. The molecule has 5 heteroatoms. The van der Waals surface area contributed by atoms with Gasteiger partial charge in [-0.25, -0.2) is 0 Å². The van der Waals surface area contributed by atoms with Crippen LogP contribution in [0.4, 0.5) is 5.69 Å². The maximum absolute atomic E-state index is 13.0. The Morgan fingerprint density at radius 3 is 2.96 bits per heavy atom. The van der Waals surface area contributed by atoms with Crippen LogP contribution in [-0.2, 0) is 30.6 Å². The Balaban J connectivity index is 1.50. The van der Waals surface area contributed by atoms with Gasteiger partial charge in [0, 0.05) is 44.5 Å². The van der Waals surface area contributed by atoms with E-state index in [4.69, 9.17) is 0 Å². The predicted octanol–water partition coefficient (Wildman–Crippen LogP) is 2.17. The van der Waals surface area contributed by atoms with Crippen LogP contribution in [0.5, 0.6) is 0 Å². The van der Waals surface area contributed by atoms with E-state index in [1.165, 1.54) is 28.1 Å². The molecule has 0 saturated carbocycles. The average Bonchev–Trinajstić information content (AvgIpc) is 3.07. The third-order valence-electron chi connectivity index (χ3n) is 5.40. The summed E-state index contributed by atoms with van der Waals surface area (Å²) in [6.07, 6.45) is 5.52. The van der Waals surface area contributed by atoms with E-state index in [9.17, 15) is 4.79 Å². The summed E-state index contributed by atoms with van der Waals surface area (Å²) in [5.74, 6) is 0.413. The van der Waals surface area contributed by atoms with Crippen LogP contribution in [0.15, 0.2) is 24.4 Å². The molecule has 1 amide bonds. The Hall–Kier alpha value is -2.30. The Morgan fingerprint density at radius 1 is 1.25 bits per heavy atom. The molecule has 1 N–H and O–H groups in total. The summed E-state index contributed by atoms with van der Waals surface area (Å²) in [5.41, 5.74) is 6.29. The van der Waals surface area contributed by atoms with Gasteiger partial charge in [-0.2, -0.15) is 5.10 Å². The Labute approximate surface area is 142 Å². The number of benzene rings is 1. The number of hydrogen-bond donors (Lipinski definition) is 1. The molecule has 24 heavy (non-hydrogen) atoms. The van der Waals surface area contributed by atoms with Crippen LogP contribution >= 0.6 is 0 Å². The van der Waals surface area contributed by atoms with Gasteiger partial charge in [-0.15, -0.1) is 0 Å². The van der Waals surface area contributed by atoms with Crippen molar-refractivity contribution in [2.24, 2.45) is 5.92 Å². The van der Waals surface area contributed by atoms with Crippen molar-refractivity contribution in [2.45, 2.75) is 32.2 Å². The fourth-order valence-electron chi connectivity index (χ4n) is 3.90. The Morgan fingerprint density at radius 2 is 2.12 bits per heavy atom. The first-order valence-electron chi connectivity index (χ1n) is 8.71. The molecule has 1 aliphatic heterocycles. The molecule has 0 saturated heterocycles. The van der Waals surface area contributed by atoms with Crippen LogP contribution in [0, 0.1) is 5.92 Å². The van der Waals surface area contributed by atoms with Crippen molar-refractivity contribution in [1.29, 1.82) is 0 Å². The molecule has 1 atom stereocenters. The Bertz CT molecular complexity index is 764. The molecule has 2 aliphatic rings. The minimum atomic E-state index is 0.105. The normalized spacial score (nSPS) is 19.6. The largest absolute Gasteiger partial charge is 0.378 e. The predicted molar refractivity (Wildman–Crippen MR) is 94.0 cm³/mol. The molecule has 1 aliphatic carbocycles. The summed E-state index contributed by atoms with van der Waals surface area (Å²) in [5, 5.41) is 7.16. The van der Waals surface area contributed by atoms with Gasteiger partial charge in [-0.3, -0.25) is 9.89 Å². The molecular formula is C19H24N4O. The zero-order valence-corrected chi connectivity index (χ0v) is 14.4. The lowest BCUT2D eigenvalue weighted by molar-refractivity contribution is -0.136. The van der Waals surface area contributed by atoms with Crippen LogP contribution < -0.4 is 4.90 Å². The van der Waals surface area contributed by atoms with E-state index >= 15 is 0 Å². The average molecular weight is 324 g/mol. The second kappa shape index (κ2) is 5.96. The molecule has 0 bridgehead atoms. The summed E-state index contributed by atoms with van der Waals surface area (Å²) in [4.78, 5) is 17.2. The SMILES string of the molecule is CN(C)c1ccc2c(c1)CN(C(=O)C1CCc3[nH]ncc3C1)CC2. The first-order valence-corrected chi connectivity index (χ1v) is 8.71. The first kappa shape index (κ1) is 15.2. The summed E-state index contributed by atoms with van der Waals surface area (Å²) in [6, 6.07) is 6.60. The number of rotatable bonds is 2. The number of amides is 1. The van der Waals surface area contributed by atoms with Gasteiger partial charge < -0.3 is 9.80 Å². The van der Waals surface area contributed by atoms with Crippen LogP contribution in [0.1, 0.15) is 28.8 Å². The van der Waals surface area contributed by atoms with Gasteiger partial charge in [0.1, 0.15) is 0 Å².